The first-order valence-corrected chi connectivity index (χ1v) is 6.75. The Morgan fingerprint density at radius 1 is 1.44 bits per heavy atom. The molecule has 1 saturated heterocycles. The number of hydrogen-bond acceptors (Lipinski definition) is 2. The van der Waals surface area contributed by atoms with Gasteiger partial charge in [-0.25, -0.2) is 0 Å². The zero-order chi connectivity index (χ0) is 13.1. The van der Waals surface area contributed by atoms with E-state index < -0.39 is 0 Å². The maximum absolute atomic E-state index is 12.4. The first-order chi connectivity index (χ1) is 8.61. The van der Waals surface area contributed by atoms with E-state index in [4.69, 9.17) is 17.3 Å². The Kier molecular flexibility index (Phi) is 4.25. The average Bonchev–Trinajstić information content (AvgIpc) is 2.38. The summed E-state index contributed by atoms with van der Waals surface area (Å²) in [5.41, 5.74) is 7.35. The molecule has 1 aliphatic rings. The summed E-state index contributed by atoms with van der Waals surface area (Å²) < 4.78 is 0. The van der Waals surface area contributed by atoms with Gasteiger partial charge in [0.25, 0.3) is 5.91 Å². The van der Waals surface area contributed by atoms with E-state index in [1.54, 1.807) is 6.07 Å². The Morgan fingerprint density at radius 3 is 2.67 bits per heavy atom. The van der Waals surface area contributed by atoms with E-state index in [0.717, 1.165) is 43.6 Å². The third-order valence-corrected chi connectivity index (χ3v) is 3.89. The highest BCUT2D eigenvalue weighted by Crippen LogP contribution is 2.21. The first kappa shape index (κ1) is 13.4. The minimum Gasteiger partial charge on any atom is -0.339 e. The van der Waals surface area contributed by atoms with E-state index in [9.17, 15) is 4.79 Å². The molecule has 0 radical (unpaired) electrons. The van der Waals surface area contributed by atoms with Crippen LogP contribution in [0.5, 0.6) is 0 Å². The Balaban J connectivity index is 2.08. The molecule has 1 aromatic carbocycles. The molecule has 1 fully saturated rings. The maximum atomic E-state index is 12.4. The van der Waals surface area contributed by atoms with Gasteiger partial charge in [-0.3, -0.25) is 4.79 Å². The zero-order valence-corrected chi connectivity index (χ0v) is 11.4. The quantitative estimate of drug-likeness (QED) is 0.894. The number of hydrogen-bond donors (Lipinski definition) is 1. The van der Waals surface area contributed by atoms with E-state index in [1.165, 1.54) is 0 Å². The number of aryl methyl sites for hydroxylation is 1. The molecule has 0 aromatic heterocycles. The number of benzene rings is 1. The van der Waals surface area contributed by atoms with E-state index in [1.807, 2.05) is 24.0 Å². The Hall–Kier alpha value is -1.06. The van der Waals surface area contributed by atoms with Gasteiger partial charge in [-0.05, 0) is 56.0 Å². The first-order valence-electron chi connectivity index (χ1n) is 6.37. The average molecular weight is 267 g/mol. The van der Waals surface area contributed by atoms with Gasteiger partial charge in [0.15, 0.2) is 0 Å². The lowest BCUT2D eigenvalue weighted by molar-refractivity contribution is 0.0692. The molecule has 0 spiro atoms. The third-order valence-electron chi connectivity index (χ3n) is 3.65. The van der Waals surface area contributed by atoms with Crippen molar-refractivity contribution in [2.24, 2.45) is 11.7 Å². The van der Waals surface area contributed by atoms with Crippen LogP contribution in [0.2, 0.25) is 5.02 Å². The molecule has 2 rings (SSSR count). The smallest absolute Gasteiger partial charge is 0.254 e. The molecule has 2 N–H and O–H groups in total. The molecule has 1 aliphatic heterocycles. The Bertz CT molecular complexity index is 439. The minimum atomic E-state index is 0.111. The van der Waals surface area contributed by atoms with Gasteiger partial charge in [0.2, 0.25) is 0 Å². The van der Waals surface area contributed by atoms with Crippen molar-refractivity contribution in [2.75, 3.05) is 19.6 Å². The van der Waals surface area contributed by atoms with Gasteiger partial charge in [-0.2, -0.15) is 0 Å². The summed E-state index contributed by atoms with van der Waals surface area (Å²) in [6.07, 6.45) is 2.02. The van der Waals surface area contributed by atoms with E-state index in [0.29, 0.717) is 10.9 Å². The topological polar surface area (TPSA) is 46.3 Å². The number of halogens is 1. The fraction of sp³-hybridized carbons (Fsp3) is 0.500. The minimum absolute atomic E-state index is 0.111. The number of nitrogens with two attached hydrogens (primary N) is 1. The van der Waals surface area contributed by atoms with Crippen LogP contribution in [0.3, 0.4) is 0 Å². The molecule has 18 heavy (non-hydrogen) atoms. The van der Waals surface area contributed by atoms with Crippen LogP contribution in [0.4, 0.5) is 0 Å². The van der Waals surface area contributed by atoms with Crippen LogP contribution in [0.1, 0.15) is 28.8 Å². The lowest BCUT2D eigenvalue weighted by Crippen LogP contribution is -2.40. The molecule has 0 unspecified atom stereocenters. The van der Waals surface area contributed by atoms with Gasteiger partial charge in [-0.15, -0.1) is 0 Å². The summed E-state index contributed by atoms with van der Waals surface area (Å²) in [6.45, 7) is 4.26. The van der Waals surface area contributed by atoms with Crippen molar-refractivity contribution in [3.05, 3.63) is 34.3 Å². The molecular weight excluding hydrogens is 248 g/mol. The zero-order valence-electron chi connectivity index (χ0n) is 10.7. The summed E-state index contributed by atoms with van der Waals surface area (Å²) in [5.74, 6) is 0.681. The van der Waals surface area contributed by atoms with Gasteiger partial charge < -0.3 is 10.6 Å². The van der Waals surface area contributed by atoms with Crippen molar-refractivity contribution in [1.82, 2.24) is 4.90 Å². The third kappa shape index (κ3) is 2.85. The van der Waals surface area contributed by atoms with Crippen LogP contribution >= 0.6 is 11.6 Å². The predicted molar refractivity (Wildman–Crippen MR) is 73.9 cm³/mol. The van der Waals surface area contributed by atoms with Crippen LogP contribution < -0.4 is 5.73 Å². The van der Waals surface area contributed by atoms with Gasteiger partial charge in [0, 0.05) is 23.7 Å². The van der Waals surface area contributed by atoms with Gasteiger partial charge in [-0.1, -0.05) is 11.6 Å². The molecular formula is C14H19ClN2O. The summed E-state index contributed by atoms with van der Waals surface area (Å²) in [7, 11) is 0. The largest absolute Gasteiger partial charge is 0.339 e. The molecule has 3 nitrogen and oxygen atoms in total. The van der Waals surface area contributed by atoms with Crippen molar-refractivity contribution < 1.29 is 4.79 Å². The standard InChI is InChI=1S/C14H19ClN2O/c1-10-8-12(15)2-3-13(10)14(18)17-6-4-11(9-16)5-7-17/h2-3,8,11H,4-7,9,16H2,1H3. The number of nitrogens with zero attached hydrogens (tertiary/aromatic N) is 1. The second-order valence-electron chi connectivity index (χ2n) is 4.93. The number of likely N-dealkylation sites (tertiary alicyclic amines) is 1. The van der Waals surface area contributed by atoms with Gasteiger partial charge in [0.05, 0.1) is 0 Å². The van der Waals surface area contributed by atoms with E-state index in [2.05, 4.69) is 0 Å². The highest BCUT2D eigenvalue weighted by molar-refractivity contribution is 6.30. The molecule has 0 saturated carbocycles. The van der Waals surface area contributed by atoms with Crippen LogP contribution in [0, 0.1) is 12.8 Å². The van der Waals surface area contributed by atoms with Crippen molar-refractivity contribution >= 4 is 17.5 Å². The summed E-state index contributed by atoms with van der Waals surface area (Å²) in [5, 5.41) is 0.672. The Morgan fingerprint density at radius 2 is 2.11 bits per heavy atom. The van der Waals surface area contributed by atoms with Crippen LogP contribution in [-0.4, -0.2) is 30.4 Å². The van der Waals surface area contributed by atoms with Crippen LogP contribution in [0.15, 0.2) is 18.2 Å². The van der Waals surface area contributed by atoms with Crippen LogP contribution in [-0.2, 0) is 0 Å². The SMILES string of the molecule is Cc1cc(Cl)ccc1C(=O)N1CCC(CN)CC1. The summed E-state index contributed by atoms with van der Waals surface area (Å²) in [6, 6.07) is 5.42. The van der Waals surface area contributed by atoms with Gasteiger partial charge in [0.1, 0.15) is 0 Å². The van der Waals surface area contributed by atoms with Crippen LogP contribution in [0.25, 0.3) is 0 Å². The summed E-state index contributed by atoms with van der Waals surface area (Å²) in [4.78, 5) is 14.3. The molecule has 1 amide bonds. The fourth-order valence-corrected chi connectivity index (χ4v) is 2.64. The molecule has 0 atom stereocenters. The highest BCUT2D eigenvalue weighted by Gasteiger charge is 2.23. The normalized spacial score (nSPS) is 16.9. The number of piperidine rings is 1. The number of carbonyl (C=O) groups excluding carboxylic acids is 1. The molecule has 0 bridgehead atoms. The predicted octanol–water partition coefficient (Wildman–Crippen LogP) is 2.46. The molecule has 98 valence electrons. The van der Waals surface area contributed by atoms with Crippen molar-refractivity contribution in [3.63, 3.8) is 0 Å². The molecule has 0 aliphatic carbocycles. The van der Waals surface area contributed by atoms with E-state index >= 15 is 0 Å². The maximum Gasteiger partial charge on any atom is 0.254 e. The highest BCUT2D eigenvalue weighted by atomic mass is 35.5. The fourth-order valence-electron chi connectivity index (χ4n) is 2.41. The Labute approximate surface area is 113 Å². The monoisotopic (exact) mass is 266 g/mol. The van der Waals surface area contributed by atoms with Crippen molar-refractivity contribution in [3.8, 4) is 0 Å². The lowest BCUT2D eigenvalue weighted by atomic mass is 9.96. The molecule has 1 heterocycles. The van der Waals surface area contributed by atoms with Gasteiger partial charge >= 0.3 is 0 Å². The number of rotatable bonds is 2. The number of amides is 1. The molecule has 1 aromatic rings. The molecule has 4 heteroatoms. The van der Waals surface area contributed by atoms with Crippen molar-refractivity contribution in [1.29, 1.82) is 0 Å². The van der Waals surface area contributed by atoms with E-state index in [-0.39, 0.29) is 5.91 Å². The second-order valence-corrected chi connectivity index (χ2v) is 5.37. The number of carbonyl (C=O) groups is 1. The summed E-state index contributed by atoms with van der Waals surface area (Å²) >= 11 is 5.91. The van der Waals surface area contributed by atoms with Crippen molar-refractivity contribution in [2.45, 2.75) is 19.8 Å². The second kappa shape index (κ2) is 5.72. The lowest BCUT2D eigenvalue weighted by Gasteiger charge is -2.31.